The van der Waals surface area contributed by atoms with Gasteiger partial charge in [-0.15, -0.1) is 0 Å². The minimum absolute atomic E-state index is 0. The van der Waals surface area contributed by atoms with Crippen molar-refractivity contribution in [3.63, 3.8) is 0 Å². The van der Waals surface area contributed by atoms with Gasteiger partial charge in [0.1, 0.15) is 0 Å². The Morgan fingerprint density at radius 3 is 0.750 bits per heavy atom. The van der Waals surface area contributed by atoms with E-state index in [1.165, 1.54) is 0 Å². The molecule has 0 aromatic carbocycles. The van der Waals surface area contributed by atoms with Crippen molar-refractivity contribution in [3.05, 3.63) is 0 Å². The standard InChI is InChI=1S/2ClH.In.Zn.3H/h2*1H;;;;;/q;;;+2;;;/p-2. The van der Waals surface area contributed by atoms with Gasteiger partial charge in [-0.05, 0) is 0 Å². The normalized spacial score (nSPS) is 0. The summed E-state index contributed by atoms with van der Waals surface area (Å²) in [5.41, 5.74) is 0. The molecule has 0 saturated carbocycles. The molecule has 0 aromatic heterocycles. The van der Waals surface area contributed by atoms with Crippen LogP contribution in [0.5, 0.6) is 0 Å². The summed E-state index contributed by atoms with van der Waals surface area (Å²) in [5.74, 6) is 0. The van der Waals surface area contributed by atoms with E-state index in [2.05, 4.69) is 0 Å². The van der Waals surface area contributed by atoms with Gasteiger partial charge in [0.15, 0.2) is 0 Å². The Kier molecular flexibility index (Phi) is 178. The SMILES string of the molecule is [Cl-].[Cl-].[InH3].[Zn+2]. The van der Waals surface area contributed by atoms with Crippen molar-refractivity contribution in [2.45, 2.75) is 0 Å². The first-order valence-corrected chi connectivity index (χ1v) is 0. The van der Waals surface area contributed by atoms with E-state index in [4.69, 9.17) is 0 Å². The van der Waals surface area contributed by atoms with Crippen LogP contribution in [-0.4, -0.2) is 25.8 Å². The molecule has 0 radical (unpaired) electrons. The zero-order valence-corrected chi connectivity index (χ0v) is 5.94. The molecule has 22 valence electrons. The van der Waals surface area contributed by atoms with Gasteiger partial charge < -0.3 is 24.8 Å². The maximum absolute atomic E-state index is 0. The Bertz CT molecular complexity index is 6.00. The third-order valence-electron chi connectivity index (χ3n) is 0. The molecule has 0 fully saturated rings. The Hall–Kier alpha value is 2.07. The summed E-state index contributed by atoms with van der Waals surface area (Å²) in [7, 11) is 0. The molecular formula is H3Cl2InZn. The van der Waals surface area contributed by atoms with E-state index in [-0.39, 0.29) is 70.1 Å². The maximum atomic E-state index is 0. The fourth-order valence-corrected chi connectivity index (χ4v) is 0. The van der Waals surface area contributed by atoms with Crippen LogP contribution in [0, 0.1) is 0 Å². The molecule has 0 aliphatic heterocycles. The van der Waals surface area contributed by atoms with Crippen molar-refractivity contribution in [2.75, 3.05) is 0 Å². The van der Waals surface area contributed by atoms with E-state index in [9.17, 15) is 0 Å². The van der Waals surface area contributed by atoms with Gasteiger partial charge in [0.05, 0.1) is 0 Å². The van der Waals surface area contributed by atoms with Crippen molar-refractivity contribution in [2.24, 2.45) is 0 Å². The van der Waals surface area contributed by atoms with Gasteiger partial charge >= 0.3 is 45.3 Å². The number of halogens is 2. The third-order valence-corrected chi connectivity index (χ3v) is 0. The molecule has 0 amide bonds. The van der Waals surface area contributed by atoms with Gasteiger partial charge in [0.25, 0.3) is 0 Å². The van der Waals surface area contributed by atoms with Crippen molar-refractivity contribution in [1.82, 2.24) is 0 Å². The summed E-state index contributed by atoms with van der Waals surface area (Å²) in [6, 6.07) is 0. The largest absolute Gasteiger partial charge is 2.00 e. The summed E-state index contributed by atoms with van der Waals surface area (Å²) in [6.07, 6.45) is 0. The van der Waals surface area contributed by atoms with E-state index in [1.807, 2.05) is 0 Å². The van der Waals surface area contributed by atoms with Crippen LogP contribution in [0.3, 0.4) is 0 Å². The van der Waals surface area contributed by atoms with Gasteiger partial charge in [-0.1, -0.05) is 0 Å². The van der Waals surface area contributed by atoms with E-state index in [0.717, 1.165) is 0 Å². The van der Waals surface area contributed by atoms with Crippen LogP contribution in [0.4, 0.5) is 0 Å². The van der Waals surface area contributed by atoms with Crippen molar-refractivity contribution < 1.29 is 44.3 Å². The van der Waals surface area contributed by atoms with Crippen molar-refractivity contribution in [3.8, 4) is 0 Å². The van der Waals surface area contributed by atoms with Crippen LogP contribution < -0.4 is 24.8 Å². The molecule has 0 rings (SSSR count). The van der Waals surface area contributed by atoms with Gasteiger partial charge in [-0.25, -0.2) is 0 Å². The third kappa shape index (κ3) is 8.95. The molecule has 0 nitrogen and oxygen atoms in total. The average Bonchev–Trinajstić information content (AvgIpc) is 0. The molecule has 0 bridgehead atoms. The molecular weight excluding hydrogens is 251 g/mol. The van der Waals surface area contributed by atoms with Gasteiger partial charge in [-0.3, -0.25) is 0 Å². The number of hydrogen-bond acceptors (Lipinski definition) is 0. The molecule has 4 heavy (non-hydrogen) atoms. The van der Waals surface area contributed by atoms with E-state index < -0.39 is 0 Å². The van der Waals surface area contributed by atoms with E-state index in [1.54, 1.807) is 0 Å². The Balaban J connectivity index is 0. The van der Waals surface area contributed by atoms with Crippen LogP contribution in [0.1, 0.15) is 0 Å². The second kappa shape index (κ2) is 19.6. The molecule has 0 N–H and O–H groups in total. The second-order valence-electron chi connectivity index (χ2n) is 0. The summed E-state index contributed by atoms with van der Waals surface area (Å²) >= 11 is 0. The minimum Gasteiger partial charge on any atom is 2.00 e. The molecule has 4 heteroatoms. The minimum atomic E-state index is 0. The smallest absolute Gasteiger partial charge is 2.00 e. The van der Waals surface area contributed by atoms with Crippen LogP contribution in [-0.2, 0) is 19.5 Å². The predicted octanol–water partition coefficient (Wildman–Crippen LogP) is -7.18. The molecule has 0 aliphatic carbocycles. The monoisotopic (exact) mass is 252 g/mol. The zero-order chi connectivity index (χ0) is 0. The first kappa shape index (κ1) is 36.4. The summed E-state index contributed by atoms with van der Waals surface area (Å²) in [5, 5.41) is 0. The van der Waals surface area contributed by atoms with Gasteiger partial charge in [-0.2, -0.15) is 0 Å². The average molecular weight is 254 g/mol. The Labute approximate surface area is 69.5 Å². The summed E-state index contributed by atoms with van der Waals surface area (Å²) in [4.78, 5) is 0. The van der Waals surface area contributed by atoms with Crippen molar-refractivity contribution >= 4 is 25.8 Å². The van der Waals surface area contributed by atoms with Gasteiger partial charge in [0, 0.05) is 0 Å². The fraction of sp³-hybridized carbons (Fsp3) is 0. The number of hydrogen-bond donors (Lipinski definition) is 0. The molecule has 0 spiro atoms. The molecule has 0 unspecified atom stereocenters. The summed E-state index contributed by atoms with van der Waals surface area (Å²) < 4.78 is 0. The molecule has 0 atom stereocenters. The topological polar surface area (TPSA) is 0 Å². The zero-order valence-electron chi connectivity index (χ0n) is 1.46. The fourth-order valence-electron chi connectivity index (χ4n) is 0. The Morgan fingerprint density at radius 1 is 0.750 bits per heavy atom. The molecule has 0 aromatic rings. The molecule has 0 saturated heterocycles. The molecule has 0 aliphatic rings. The Morgan fingerprint density at radius 2 is 0.750 bits per heavy atom. The van der Waals surface area contributed by atoms with Crippen LogP contribution in [0.15, 0.2) is 0 Å². The van der Waals surface area contributed by atoms with Crippen molar-refractivity contribution in [1.29, 1.82) is 0 Å². The van der Waals surface area contributed by atoms with Gasteiger partial charge in [0.2, 0.25) is 0 Å². The van der Waals surface area contributed by atoms with Crippen LogP contribution in [0.25, 0.3) is 0 Å². The van der Waals surface area contributed by atoms with Crippen LogP contribution >= 0.6 is 0 Å². The maximum Gasteiger partial charge on any atom is 2.00 e. The molecule has 0 heterocycles. The van der Waals surface area contributed by atoms with Crippen LogP contribution in [0.2, 0.25) is 0 Å². The quantitative estimate of drug-likeness (QED) is 0.377. The van der Waals surface area contributed by atoms with E-state index >= 15 is 0 Å². The van der Waals surface area contributed by atoms with E-state index in [0.29, 0.717) is 0 Å². The summed E-state index contributed by atoms with van der Waals surface area (Å²) in [6.45, 7) is 0. The first-order valence-electron chi connectivity index (χ1n) is 0. The second-order valence-corrected chi connectivity index (χ2v) is 0. The first-order chi connectivity index (χ1) is 0. The number of rotatable bonds is 0. The predicted molar refractivity (Wildman–Crippen MR) is 9.94 cm³/mol.